The minimum atomic E-state index is 0.212. The number of H-pyrrole nitrogens is 1. The van der Waals surface area contributed by atoms with Crippen LogP contribution in [0.4, 0.5) is 0 Å². The molecule has 6 heteroatoms. The summed E-state index contributed by atoms with van der Waals surface area (Å²) in [5.41, 5.74) is 3.52. The van der Waals surface area contributed by atoms with Crippen molar-refractivity contribution in [3.8, 4) is 5.88 Å². The molecule has 4 rings (SSSR count). The number of aromatic nitrogens is 4. The van der Waals surface area contributed by atoms with Gasteiger partial charge in [-0.3, -0.25) is 10.00 Å². The van der Waals surface area contributed by atoms with E-state index in [9.17, 15) is 0 Å². The van der Waals surface area contributed by atoms with Crippen molar-refractivity contribution in [2.45, 2.75) is 45.1 Å². The molecule has 1 saturated heterocycles. The summed E-state index contributed by atoms with van der Waals surface area (Å²) in [6.07, 6.45) is 5.35. The molecule has 0 aromatic carbocycles. The second kappa shape index (κ2) is 5.92. The van der Waals surface area contributed by atoms with Gasteiger partial charge >= 0.3 is 0 Å². The molecule has 0 bridgehead atoms. The summed E-state index contributed by atoms with van der Waals surface area (Å²) in [5, 5.41) is 7.18. The molecule has 6 nitrogen and oxygen atoms in total. The van der Waals surface area contributed by atoms with Crippen LogP contribution in [0.1, 0.15) is 41.5 Å². The highest BCUT2D eigenvalue weighted by molar-refractivity contribution is 5.34. The van der Waals surface area contributed by atoms with Crippen LogP contribution in [0.3, 0.4) is 0 Å². The van der Waals surface area contributed by atoms with Gasteiger partial charge in [-0.1, -0.05) is 0 Å². The fourth-order valence-electron chi connectivity index (χ4n) is 3.77. The molecule has 2 aromatic rings. The predicted octanol–water partition coefficient (Wildman–Crippen LogP) is 2.00. The van der Waals surface area contributed by atoms with Gasteiger partial charge in [-0.05, 0) is 45.8 Å². The summed E-state index contributed by atoms with van der Waals surface area (Å²) >= 11 is 0. The minimum Gasteiger partial charge on any atom is -0.472 e. The number of piperidine rings is 1. The average molecular weight is 313 g/mol. The van der Waals surface area contributed by atoms with Crippen LogP contribution in [0.15, 0.2) is 12.3 Å². The summed E-state index contributed by atoms with van der Waals surface area (Å²) in [6, 6.07) is 2.10. The number of fused-ring (bicyclic) bond motifs is 1. The Hall–Kier alpha value is -1.95. The SMILES string of the molecule is Cc1nc(C)c2c(n1)OC(CN1CCC(c3ccn[nH]3)CC1)C2. The Bertz CT molecular complexity index is 677. The van der Waals surface area contributed by atoms with Crippen LogP contribution in [0, 0.1) is 13.8 Å². The maximum atomic E-state index is 6.06. The Morgan fingerprint density at radius 2 is 2.09 bits per heavy atom. The number of rotatable bonds is 3. The molecule has 23 heavy (non-hydrogen) atoms. The van der Waals surface area contributed by atoms with E-state index >= 15 is 0 Å². The topological polar surface area (TPSA) is 66.9 Å². The molecule has 0 radical (unpaired) electrons. The largest absolute Gasteiger partial charge is 0.472 e. The monoisotopic (exact) mass is 313 g/mol. The third-order valence-electron chi connectivity index (χ3n) is 5.01. The molecule has 1 N–H and O–H groups in total. The van der Waals surface area contributed by atoms with Crippen LogP contribution in [-0.4, -0.2) is 50.8 Å². The van der Waals surface area contributed by atoms with Crippen LogP contribution < -0.4 is 4.74 Å². The van der Waals surface area contributed by atoms with Crippen LogP contribution in [0.2, 0.25) is 0 Å². The second-order valence-corrected chi connectivity index (χ2v) is 6.67. The summed E-state index contributed by atoms with van der Waals surface area (Å²) in [5.74, 6) is 2.21. The zero-order valence-electron chi connectivity index (χ0n) is 13.7. The summed E-state index contributed by atoms with van der Waals surface area (Å²) in [4.78, 5) is 11.4. The molecule has 1 atom stereocenters. The molecule has 2 aliphatic heterocycles. The van der Waals surface area contributed by atoms with Crippen molar-refractivity contribution in [3.63, 3.8) is 0 Å². The molecular formula is C17H23N5O. The Morgan fingerprint density at radius 3 is 2.83 bits per heavy atom. The number of nitrogens with one attached hydrogen (secondary N) is 1. The Kier molecular flexibility index (Phi) is 3.77. The molecule has 0 amide bonds. The normalized spacial score (nSPS) is 22.1. The van der Waals surface area contributed by atoms with Gasteiger partial charge in [0.1, 0.15) is 11.9 Å². The minimum absolute atomic E-state index is 0.212. The fraction of sp³-hybridized carbons (Fsp3) is 0.588. The molecule has 0 spiro atoms. The zero-order valence-corrected chi connectivity index (χ0v) is 13.7. The lowest BCUT2D eigenvalue weighted by atomic mass is 9.93. The third kappa shape index (κ3) is 2.95. The lowest BCUT2D eigenvalue weighted by Crippen LogP contribution is -2.40. The summed E-state index contributed by atoms with van der Waals surface area (Å²) in [7, 11) is 0. The molecule has 1 fully saturated rings. The van der Waals surface area contributed by atoms with E-state index in [0.29, 0.717) is 5.92 Å². The molecule has 1 unspecified atom stereocenters. The van der Waals surface area contributed by atoms with Crippen LogP contribution in [0.5, 0.6) is 5.88 Å². The highest BCUT2D eigenvalue weighted by atomic mass is 16.5. The maximum Gasteiger partial charge on any atom is 0.220 e. The van der Waals surface area contributed by atoms with Crippen molar-refractivity contribution >= 4 is 0 Å². The van der Waals surface area contributed by atoms with Crippen molar-refractivity contribution in [1.82, 2.24) is 25.1 Å². The van der Waals surface area contributed by atoms with Gasteiger partial charge in [0.2, 0.25) is 5.88 Å². The highest BCUT2D eigenvalue weighted by Crippen LogP contribution is 2.31. The van der Waals surface area contributed by atoms with E-state index in [1.54, 1.807) is 0 Å². The quantitative estimate of drug-likeness (QED) is 0.939. The van der Waals surface area contributed by atoms with E-state index in [0.717, 1.165) is 43.5 Å². The Morgan fingerprint density at radius 1 is 1.26 bits per heavy atom. The lowest BCUT2D eigenvalue weighted by Gasteiger charge is -2.32. The average Bonchev–Trinajstić information content (AvgIpc) is 3.17. The summed E-state index contributed by atoms with van der Waals surface area (Å²) in [6.45, 7) is 7.18. The van der Waals surface area contributed by atoms with Crippen LogP contribution in [-0.2, 0) is 6.42 Å². The molecular weight excluding hydrogens is 290 g/mol. The zero-order chi connectivity index (χ0) is 15.8. The molecule has 2 aliphatic rings. The van der Waals surface area contributed by atoms with Crippen molar-refractivity contribution in [1.29, 1.82) is 0 Å². The Labute approximate surface area is 136 Å². The second-order valence-electron chi connectivity index (χ2n) is 6.67. The number of nitrogens with zero attached hydrogens (tertiary/aromatic N) is 4. The first kappa shape index (κ1) is 14.6. The van der Waals surface area contributed by atoms with Crippen molar-refractivity contribution in [2.24, 2.45) is 0 Å². The molecule has 2 aromatic heterocycles. The fourth-order valence-corrected chi connectivity index (χ4v) is 3.77. The number of likely N-dealkylation sites (tertiary alicyclic amines) is 1. The number of aromatic amines is 1. The van der Waals surface area contributed by atoms with Crippen molar-refractivity contribution in [3.05, 3.63) is 35.0 Å². The van der Waals surface area contributed by atoms with E-state index in [4.69, 9.17) is 4.74 Å². The number of hydrogen-bond acceptors (Lipinski definition) is 5. The van der Waals surface area contributed by atoms with Crippen LogP contribution >= 0.6 is 0 Å². The van der Waals surface area contributed by atoms with E-state index in [-0.39, 0.29) is 6.10 Å². The van der Waals surface area contributed by atoms with Gasteiger partial charge in [-0.15, -0.1) is 0 Å². The third-order valence-corrected chi connectivity index (χ3v) is 5.01. The van der Waals surface area contributed by atoms with E-state index in [1.165, 1.54) is 24.1 Å². The van der Waals surface area contributed by atoms with E-state index < -0.39 is 0 Å². The standard InChI is InChI=1S/C17H23N5O/c1-11-15-9-14(23-17(15)20-12(2)19-11)10-22-7-4-13(5-8-22)16-3-6-18-21-16/h3,6,13-14H,4-5,7-10H2,1-2H3,(H,18,21). The van der Waals surface area contributed by atoms with Gasteiger partial charge in [0.15, 0.2) is 0 Å². The van der Waals surface area contributed by atoms with Gasteiger partial charge in [0.25, 0.3) is 0 Å². The lowest BCUT2D eigenvalue weighted by molar-refractivity contribution is 0.125. The first-order chi connectivity index (χ1) is 11.2. The van der Waals surface area contributed by atoms with E-state index in [1.807, 2.05) is 13.1 Å². The highest BCUT2D eigenvalue weighted by Gasteiger charge is 2.30. The van der Waals surface area contributed by atoms with Crippen LogP contribution in [0.25, 0.3) is 0 Å². The van der Waals surface area contributed by atoms with Crippen molar-refractivity contribution < 1.29 is 4.74 Å². The number of hydrogen-bond donors (Lipinski definition) is 1. The Balaban J connectivity index is 1.33. The van der Waals surface area contributed by atoms with Gasteiger partial charge in [0, 0.05) is 42.0 Å². The predicted molar refractivity (Wildman–Crippen MR) is 86.6 cm³/mol. The van der Waals surface area contributed by atoms with Crippen molar-refractivity contribution in [2.75, 3.05) is 19.6 Å². The first-order valence-corrected chi connectivity index (χ1v) is 8.41. The molecule has 4 heterocycles. The van der Waals surface area contributed by atoms with E-state index in [2.05, 4.69) is 38.1 Å². The van der Waals surface area contributed by atoms with Gasteiger partial charge in [-0.2, -0.15) is 10.1 Å². The molecule has 0 saturated carbocycles. The maximum absolute atomic E-state index is 6.06. The molecule has 0 aliphatic carbocycles. The first-order valence-electron chi connectivity index (χ1n) is 8.41. The smallest absolute Gasteiger partial charge is 0.220 e. The van der Waals surface area contributed by atoms with Gasteiger partial charge < -0.3 is 4.74 Å². The number of ether oxygens (including phenoxy) is 1. The van der Waals surface area contributed by atoms with Gasteiger partial charge in [-0.25, -0.2) is 4.98 Å². The number of aryl methyl sites for hydroxylation is 2. The van der Waals surface area contributed by atoms with Gasteiger partial charge in [0.05, 0.1) is 0 Å². The summed E-state index contributed by atoms with van der Waals surface area (Å²) < 4.78 is 6.06. The molecule has 122 valence electrons.